The van der Waals surface area contributed by atoms with E-state index in [-0.39, 0.29) is 11.6 Å². The molecule has 2 rings (SSSR count). The lowest BCUT2D eigenvalue weighted by molar-refractivity contribution is -0.885. The third kappa shape index (κ3) is 5.23. The number of ether oxygens (including phenoxy) is 1. The molecule has 24 heavy (non-hydrogen) atoms. The van der Waals surface area contributed by atoms with E-state index in [1.165, 1.54) is 37.0 Å². The van der Waals surface area contributed by atoms with E-state index in [4.69, 9.17) is 4.74 Å². The van der Waals surface area contributed by atoms with Crippen LogP contribution >= 0.6 is 0 Å². The molecule has 0 spiro atoms. The normalized spacial score (nSPS) is 16.2. The molecule has 1 fully saturated rings. The van der Waals surface area contributed by atoms with Crippen LogP contribution in [0.25, 0.3) is 0 Å². The molecule has 132 valence electrons. The molecule has 1 aromatic rings. The summed E-state index contributed by atoms with van der Waals surface area (Å²) < 4.78 is 43.1. The molecular formula is C16H21F3N3O2+. The van der Waals surface area contributed by atoms with Crippen LogP contribution in [-0.2, 0) is 10.9 Å². The number of aliphatic imine (C=N–C) groups is 1. The van der Waals surface area contributed by atoms with Gasteiger partial charge in [0.2, 0.25) is 0 Å². The van der Waals surface area contributed by atoms with Gasteiger partial charge in [-0.1, -0.05) is 6.07 Å². The molecule has 0 bridgehead atoms. The van der Waals surface area contributed by atoms with Gasteiger partial charge < -0.3 is 9.64 Å². The van der Waals surface area contributed by atoms with Crippen molar-refractivity contribution in [3.05, 3.63) is 35.4 Å². The largest absolute Gasteiger partial charge is 0.468 e. The maximum atomic E-state index is 12.7. The topological polar surface area (TPSA) is 55.1 Å². The number of amidine groups is 1. The third-order valence-corrected chi connectivity index (χ3v) is 3.90. The Morgan fingerprint density at radius 3 is 2.67 bits per heavy atom. The van der Waals surface area contributed by atoms with E-state index in [0.29, 0.717) is 6.54 Å². The van der Waals surface area contributed by atoms with Gasteiger partial charge in [-0.15, -0.1) is 0 Å². The van der Waals surface area contributed by atoms with Gasteiger partial charge in [-0.3, -0.25) is 10.1 Å². The fourth-order valence-electron chi connectivity index (χ4n) is 2.60. The molecule has 1 aromatic carbocycles. The molecule has 5 nitrogen and oxygen atoms in total. The van der Waals surface area contributed by atoms with Crippen molar-refractivity contribution < 1.29 is 27.6 Å². The van der Waals surface area contributed by atoms with Crippen LogP contribution < -0.4 is 10.2 Å². The van der Waals surface area contributed by atoms with E-state index < -0.39 is 17.6 Å². The summed E-state index contributed by atoms with van der Waals surface area (Å²) in [5, 5.41) is 2.40. The lowest BCUT2D eigenvalue weighted by Crippen LogP contribution is -3.10. The molecule has 0 unspecified atom stereocenters. The average Bonchev–Trinajstić information content (AvgIpc) is 3.06. The quantitative estimate of drug-likeness (QED) is 0.635. The van der Waals surface area contributed by atoms with E-state index >= 15 is 0 Å². The second kappa shape index (κ2) is 8.14. The Morgan fingerprint density at radius 1 is 1.33 bits per heavy atom. The van der Waals surface area contributed by atoms with Gasteiger partial charge >= 0.3 is 6.18 Å². The molecule has 8 heteroatoms. The minimum atomic E-state index is -4.49. The number of benzene rings is 1. The summed E-state index contributed by atoms with van der Waals surface area (Å²) >= 11 is 0. The highest BCUT2D eigenvalue weighted by molar-refractivity contribution is 6.04. The van der Waals surface area contributed by atoms with E-state index in [9.17, 15) is 18.0 Å². The summed E-state index contributed by atoms with van der Waals surface area (Å²) in [7, 11) is 1.36. The highest BCUT2D eigenvalue weighted by Crippen LogP contribution is 2.29. The molecule has 1 amide bonds. The molecular weight excluding hydrogens is 323 g/mol. The standard InChI is InChI=1S/C16H20F3N3O2/c1-24-15(20-7-10-22-8-2-3-9-22)21-14(23)12-5-4-6-13(11-12)16(17,18)19/h4-6,11H,2-3,7-10H2,1H3,(H,20,21,23)/p+1. The fourth-order valence-corrected chi connectivity index (χ4v) is 2.60. The van der Waals surface area contributed by atoms with E-state index in [1.54, 1.807) is 0 Å². The first-order chi connectivity index (χ1) is 11.4. The van der Waals surface area contributed by atoms with Crippen LogP contribution in [0.5, 0.6) is 0 Å². The van der Waals surface area contributed by atoms with Crippen LogP contribution in [0.3, 0.4) is 0 Å². The molecule has 1 aliphatic heterocycles. The van der Waals surface area contributed by atoms with Gasteiger partial charge in [0.05, 0.1) is 38.9 Å². The number of methoxy groups -OCH3 is 1. The van der Waals surface area contributed by atoms with Crippen molar-refractivity contribution >= 4 is 11.9 Å². The van der Waals surface area contributed by atoms with Gasteiger partial charge in [0.15, 0.2) is 0 Å². The van der Waals surface area contributed by atoms with E-state index in [0.717, 1.165) is 31.8 Å². The second-order valence-corrected chi connectivity index (χ2v) is 5.63. The highest BCUT2D eigenvalue weighted by Gasteiger charge is 2.31. The van der Waals surface area contributed by atoms with Crippen LogP contribution in [0, 0.1) is 0 Å². The summed E-state index contributed by atoms with van der Waals surface area (Å²) in [5.74, 6) is -0.685. The van der Waals surface area contributed by atoms with Crippen molar-refractivity contribution in [3.8, 4) is 0 Å². The van der Waals surface area contributed by atoms with Crippen molar-refractivity contribution in [1.82, 2.24) is 5.32 Å². The number of carbonyl (C=O) groups excluding carboxylic acids is 1. The Morgan fingerprint density at radius 2 is 2.04 bits per heavy atom. The molecule has 2 N–H and O–H groups in total. The van der Waals surface area contributed by atoms with Crippen LogP contribution in [0.1, 0.15) is 28.8 Å². The SMILES string of the molecule is COC(=NCC[NH+]1CCCC1)NC(=O)c1cccc(C(F)(F)F)c1. The van der Waals surface area contributed by atoms with Crippen LogP contribution in [0.2, 0.25) is 0 Å². The number of amides is 1. The second-order valence-electron chi connectivity index (χ2n) is 5.63. The maximum absolute atomic E-state index is 12.7. The Labute approximate surface area is 138 Å². The summed E-state index contributed by atoms with van der Waals surface area (Å²) in [6, 6.07) is 4.23. The number of nitrogens with one attached hydrogen (secondary N) is 2. The Hall–Kier alpha value is -2.09. The first-order valence-electron chi connectivity index (χ1n) is 7.81. The third-order valence-electron chi connectivity index (χ3n) is 3.90. The number of nitrogens with zero attached hydrogens (tertiary/aromatic N) is 1. The average molecular weight is 344 g/mol. The minimum absolute atomic E-state index is 0.0102. The lowest BCUT2D eigenvalue weighted by atomic mass is 10.1. The molecule has 1 aliphatic rings. The molecule has 0 saturated carbocycles. The van der Waals surface area contributed by atoms with Gasteiger partial charge in [0, 0.05) is 18.4 Å². The smallest absolute Gasteiger partial charge is 0.416 e. The monoisotopic (exact) mass is 344 g/mol. The number of rotatable bonds is 4. The number of hydrogen-bond donors (Lipinski definition) is 2. The zero-order valence-electron chi connectivity index (χ0n) is 13.4. The van der Waals surface area contributed by atoms with Gasteiger partial charge in [-0.2, -0.15) is 13.2 Å². The molecule has 0 radical (unpaired) electrons. The summed E-state index contributed by atoms with van der Waals surface area (Å²) in [5.41, 5.74) is -0.969. The zero-order valence-corrected chi connectivity index (χ0v) is 13.4. The van der Waals surface area contributed by atoms with Crippen molar-refractivity contribution in [2.75, 3.05) is 33.3 Å². The number of likely N-dealkylation sites (tertiary alicyclic amines) is 1. The van der Waals surface area contributed by atoms with Gasteiger partial charge in [0.25, 0.3) is 11.9 Å². The number of hydrogen-bond acceptors (Lipinski definition) is 3. The van der Waals surface area contributed by atoms with Gasteiger partial charge in [0.1, 0.15) is 0 Å². The van der Waals surface area contributed by atoms with Crippen molar-refractivity contribution in [1.29, 1.82) is 0 Å². The van der Waals surface area contributed by atoms with Crippen LogP contribution in [0.15, 0.2) is 29.3 Å². The zero-order chi connectivity index (χ0) is 17.6. The molecule has 1 saturated heterocycles. The highest BCUT2D eigenvalue weighted by atomic mass is 19.4. The number of halogens is 3. The Kier molecular flexibility index (Phi) is 6.19. The summed E-state index contributed by atoms with van der Waals surface area (Å²) in [6.45, 7) is 3.57. The number of carbonyl (C=O) groups is 1. The van der Waals surface area contributed by atoms with E-state index in [1.807, 2.05) is 0 Å². The van der Waals surface area contributed by atoms with Gasteiger partial charge in [-0.05, 0) is 18.2 Å². The molecule has 0 aromatic heterocycles. The van der Waals surface area contributed by atoms with Crippen LogP contribution in [-0.4, -0.2) is 45.2 Å². The van der Waals surface area contributed by atoms with Crippen molar-refractivity contribution in [2.24, 2.45) is 4.99 Å². The number of alkyl halides is 3. The van der Waals surface area contributed by atoms with Crippen LogP contribution in [0.4, 0.5) is 13.2 Å². The number of quaternary nitrogens is 1. The predicted octanol–water partition coefficient (Wildman–Crippen LogP) is 1.12. The van der Waals surface area contributed by atoms with E-state index in [2.05, 4.69) is 10.3 Å². The van der Waals surface area contributed by atoms with Crippen molar-refractivity contribution in [3.63, 3.8) is 0 Å². The maximum Gasteiger partial charge on any atom is 0.416 e. The van der Waals surface area contributed by atoms with Gasteiger partial charge in [-0.25, -0.2) is 4.99 Å². The summed E-state index contributed by atoms with van der Waals surface area (Å²) in [4.78, 5) is 17.7. The minimum Gasteiger partial charge on any atom is -0.468 e. The molecule has 0 aliphatic carbocycles. The summed E-state index contributed by atoms with van der Waals surface area (Å²) in [6.07, 6.45) is -2.07. The first-order valence-corrected chi connectivity index (χ1v) is 7.81. The first kappa shape index (κ1) is 18.3. The molecule has 0 atom stereocenters. The fraction of sp³-hybridized carbons (Fsp3) is 0.500. The Balaban J connectivity index is 1.95. The molecule has 1 heterocycles. The van der Waals surface area contributed by atoms with Crippen molar-refractivity contribution in [2.45, 2.75) is 19.0 Å². The Bertz CT molecular complexity index is 596. The lowest BCUT2D eigenvalue weighted by Gasteiger charge is -2.12. The predicted molar refractivity (Wildman–Crippen MR) is 83.0 cm³/mol.